The molecule has 0 aromatic heterocycles. The average Bonchev–Trinajstić information content (AvgIpc) is 2.83. The number of aliphatic carboxylic acids is 1. The van der Waals surface area contributed by atoms with Gasteiger partial charge >= 0.3 is 12.1 Å². The van der Waals surface area contributed by atoms with Crippen molar-refractivity contribution in [1.82, 2.24) is 4.90 Å². The summed E-state index contributed by atoms with van der Waals surface area (Å²) in [6, 6.07) is 12.6. The van der Waals surface area contributed by atoms with E-state index in [1.54, 1.807) is 19.1 Å². The van der Waals surface area contributed by atoms with E-state index in [9.17, 15) is 27.9 Å². The topological polar surface area (TPSA) is 57.6 Å². The van der Waals surface area contributed by atoms with Crippen LogP contribution in [-0.2, 0) is 11.0 Å². The first kappa shape index (κ1) is 26.9. The number of benzene rings is 2. The van der Waals surface area contributed by atoms with Crippen molar-refractivity contribution in [3.05, 3.63) is 70.8 Å². The Morgan fingerprint density at radius 3 is 2.20 bits per heavy atom. The van der Waals surface area contributed by atoms with Crippen molar-refractivity contribution < 1.29 is 27.9 Å². The Hall–Kier alpha value is -2.67. The minimum absolute atomic E-state index is 0.00600. The number of carbonyl (C=O) groups is 2. The minimum atomic E-state index is -4.41. The van der Waals surface area contributed by atoms with E-state index in [0.29, 0.717) is 30.9 Å². The second kappa shape index (κ2) is 11.4. The van der Waals surface area contributed by atoms with Crippen LogP contribution in [0, 0.1) is 17.8 Å². The van der Waals surface area contributed by atoms with Gasteiger partial charge in [-0.2, -0.15) is 13.2 Å². The van der Waals surface area contributed by atoms with Crippen molar-refractivity contribution in [2.45, 2.75) is 64.7 Å². The molecule has 1 fully saturated rings. The van der Waals surface area contributed by atoms with Gasteiger partial charge in [0.05, 0.1) is 11.5 Å². The number of aldehydes is 1. The van der Waals surface area contributed by atoms with Gasteiger partial charge in [-0.3, -0.25) is 14.5 Å². The van der Waals surface area contributed by atoms with E-state index < -0.39 is 23.6 Å². The van der Waals surface area contributed by atoms with Gasteiger partial charge in [0.1, 0.15) is 6.29 Å². The molecule has 1 aliphatic heterocycles. The van der Waals surface area contributed by atoms with E-state index in [4.69, 9.17) is 0 Å². The van der Waals surface area contributed by atoms with E-state index in [0.717, 1.165) is 42.4 Å². The third-order valence-corrected chi connectivity index (χ3v) is 7.28. The van der Waals surface area contributed by atoms with Crippen LogP contribution >= 0.6 is 0 Å². The van der Waals surface area contributed by atoms with E-state index in [2.05, 4.69) is 18.7 Å². The quantitative estimate of drug-likeness (QED) is 0.380. The van der Waals surface area contributed by atoms with Crippen molar-refractivity contribution in [1.29, 1.82) is 0 Å². The van der Waals surface area contributed by atoms with E-state index >= 15 is 0 Å². The molecule has 0 amide bonds. The summed E-state index contributed by atoms with van der Waals surface area (Å²) in [7, 11) is 0. The lowest BCUT2D eigenvalue weighted by Crippen LogP contribution is -2.42. The number of carbonyl (C=O) groups excluding carboxylic acids is 1. The van der Waals surface area contributed by atoms with Crippen molar-refractivity contribution >= 4 is 12.3 Å². The number of halogens is 3. The summed E-state index contributed by atoms with van der Waals surface area (Å²) < 4.78 is 39.5. The Morgan fingerprint density at radius 1 is 1.06 bits per heavy atom. The fourth-order valence-corrected chi connectivity index (χ4v) is 5.07. The summed E-state index contributed by atoms with van der Waals surface area (Å²) in [4.78, 5) is 25.2. The van der Waals surface area contributed by atoms with Gasteiger partial charge in [-0.05, 0) is 67.3 Å². The van der Waals surface area contributed by atoms with Gasteiger partial charge in [-0.25, -0.2) is 0 Å². The summed E-state index contributed by atoms with van der Waals surface area (Å²) in [6.45, 7) is 6.66. The fraction of sp³-hybridized carbons (Fsp3) is 0.500. The molecule has 4 nitrogen and oxygen atoms in total. The largest absolute Gasteiger partial charge is 0.481 e. The molecule has 3 rings (SSSR count). The van der Waals surface area contributed by atoms with Crippen LogP contribution < -0.4 is 0 Å². The molecule has 2 aromatic carbocycles. The molecule has 1 N–H and O–H groups in total. The second-order valence-corrected chi connectivity index (χ2v) is 10.1. The zero-order valence-electron chi connectivity index (χ0n) is 20.5. The second-order valence-electron chi connectivity index (χ2n) is 10.1. The molecular formula is C28H34F3NO3. The maximum Gasteiger partial charge on any atom is 0.416 e. The van der Waals surface area contributed by atoms with E-state index in [1.165, 1.54) is 12.1 Å². The normalized spacial score (nSPS) is 21.0. The van der Waals surface area contributed by atoms with Gasteiger partial charge in [0.25, 0.3) is 0 Å². The zero-order valence-corrected chi connectivity index (χ0v) is 20.5. The first-order valence-corrected chi connectivity index (χ1v) is 12.2. The number of hydrogen-bond donors (Lipinski definition) is 1. The molecule has 1 saturated heterocycles. The van der Waals surface area contributed by atoms with E-state index in [1.807, 2.05) is 12.1 Å². The SMILES string of the molecule is CC(C)CCC(c1ccc(C=O)cc1)N1CCC(C(C)C(=O)O)CC1c1ccc(C(F)(F)F)cc1. The van der Waals surface area contributed by atoms with Crippen LogP contribution in [0.1, 0.15) is 85.6 Å². The highest BCUT2D eigenvalue weighted by molar-refractivity contribution is 5.74. The molecule has 4 unspecified atom stereocenters. The van der Waals surface area contributed by atoms with Crippen LogP contribution in [0.3, 0.4) is 0 Å². The molecule has 0 radical (unpaired) electrons. The first-order valence-electron chi connectivity index (χ1n) is 12.2. The number of alkyl halides is 3. The number of carboxylic acids is 1. The number of likely N-dealkylation sites (tertiary alicyclic amines) is 1. The van der Waals surface area contributed by atoms with Crippen molar-refractivity contribution in [3.8, 4) is 0 Å². The highest BCUT2D eigenvalue weighted by Gasteiger charge is 2.38. The molecule has 7 heteroatoms. The Kier molecular flexibility index (Phi) is 8.75. The summed E-state index contributed by atoms with van der Waals surface area (Å²) in [6.07, 6.45) is -0.528. The number of nitrogens with zero attached hydrogens (tertiary/aromatic N) is 1. The van der Waals surface area contributed by atoms with Gasteiger partial charge in [0, 0.05) is 17.6 Å². The lowest BCUT2D eigenvalue weighted by atomic mass is 9.78. The van der Waals surface area contributed by atoms with Crippen molar-refractivity contribution in [3.63, 3.8) is 0 Å². The molecule has 2 aromatic rings. The summed E-state index contributed by atoms with van der Waals surface area (Å²) in [5.41, 5.74) is 1.71. The minimum Gasteiger partial charge on any atom is -0.481 e. The monoisotopic (exact) mass is 489 g/mol. The highest BCUT2D eigenvalue weighted by atomic mass is 19.4. The molecular weight excluding hydrogens is 455 g/mol. The number of rotatable bonds is 9. The molecule has 1 heterocycles. The highest BCUT2D eigenvalue weighted by Crippen LogP contribution is 2.44. The van der Waals surface area contributed by atoms with Gasteiger partial charge in [-0.15, -0.1) is 0 Å². The molecule has 0 bridgehead atoms. The Balaban J connectivity index is 2.00. The Bertz CT molecular complexity index is 986. The fourth-order valence-electron chi connectivity index (χ4n) is 5.07. The smallest absolute Gasteiger partial charge is 0.416 e. The molecule has 1 aliphatic rings. The zero-order chi connectivity index (χ0) is 25.8. The van der Waals surface area contributed by atoms with Crippen LogP contribution in [-0.4, -0.2) is 28.8 Å². The molecule has 0 saturated carbocycles. The predicted molar refractivity (Wildman–Crippen MR) is 129 cm³/mol. The third kappa shape index (κ3) is 6.72. The standard InChI is InChI=1S/C28H34F3NO3/c1-18(2)4-13-25(21-7-5-20(17-33)6-8-21)32-15-14-23(19(3)27(34)35)16-26(32)22-9-11-24(12-10-22)28(29,30)31/h5-12,17-19,23,25-26H,4,13-16H2,1-3H3,(H,34,35). The number of carboxylic acid groups (broad SMARTS) is 1. The summed E-state index contributed by atoms with van der Waals surface area (Å²) in [5.74, 6) is -0.981. The lowest BCUT2D eigenvalue weighted by molar-refractivity contribution is -0.144. The lowest BCUT2D eigenvalue weighted by Gasteiger charge is -2.45. The van der Waals surface area contributed by atoms with Crippen LogP contribution in [0.4, 0.5) is 13.2 Å². The van der Waals surface area contributed by atoms with Crippen LogP contribution in [0.5, 0.6) is 0 Å². The first-order chi connectivity index (χ1) is 16.5. The molecule has 0 spiro atoms. The summed E-state index contributed by atoms with van der Waals surface area (Å²) >= 11 is 0. The van der Waals surface area contributed by atoms with Gasteiger partial charge in [0.2, 0.25) is 0 Å². The predicted octanol–water partition coefficient (Wildman–Crippen LogP) is 7.17. The molecule has 4 atom stereocenters. The van der Waals surface area contributed by atoms with Crippen LogP contribution in [0.25, 0.3) is 0 Å². The van der Waals surface area contributed by atoms with Gasteiger partial charge < -0.3 is 5.11 Å². The number of hydrogen-bond acceptors (Lipinski definition) is 3. The van der Waals surface area contributed by atoms with Crippen molar-refractivity contribution in [2.24, 2.45) is 17.8 Å². The molecule has 0 aliphatic carbocycles. The van der Waals surface area contributed by atoms with Gasteiger partial charge in [0.15, 0.2) is 0 Å². The van der Waals surface area contributed by atoms with Crippen molar-refractivity contribution in [2.75, 3.05) is 6.54 Å². The van der Waals surface area contributed by atoms with E-state index in [-0.39, 0.29) is 18.0 Å². The maximum atomic E-state index is 13.2. The molecule has 190 valence electrons. The Morgan fingerprint density at radius 2 is 1.69 bits per heavy atom. The third-order valence-electron chi connectivity index (χ3n) is 7.28. The van der Waals surface area contributed by atoms with Crippen LogP contribution in [0.15, 0.2) is 48.5 Å². The van der Waals surface area contributed by atoms with Gasteiger partial charge in [-0.1, -0.05) is 57.2 Å². The maximum absolute atomic E-state index is 13.2. The Labute approximate surface area is 205 Å². The average molecular weight is 490 g/mol. The summed E-state index contributed by atoms with van der Waals surface area (Å²) in [5, 5.41) is 9.60. The van der Waals surface area contributed by atoms with Crippen LogP contribution in [0.2, 0.25) is 0 Å². The molecule has 35 heavy (non-hydrogen) atoms. The number of piperidine rings is 1.